The van der Waals surface area contributed by atoms with Crippen LogP contribution in [0.4, 0.5) is 8.78 Å². The van der Waals surface area contributed by atoms with Gasteiger partial charge in [-0.1, -0.05) is 18.2 Å². The van der Waals surface area contributed by atoms with Crippen LogP contribution >= 0.6 is 0 Å². The molecule has 2 bridgehead atoms. The fourth-order valence-corrected chi connectivity index (χ4v) is 5.15. The topological polar surface area (TPSA) is 43.8 Å². The van der Waals surface area contributed by atoms with Crippen molar-refractivity contribution in [2.24, 2.45) is 0 Å². The summed E-state index contributed by atoms with van der Waals surface area (Å²) in [5.74, 6) is -0.678. The molecule has 0 aromatic heterocycles. The minimum absolute atomic E-state index is 0.0526. The van der Waals surface area contributed by atoms with Gasteiger partial charge in [0.2, 0.25) is 5.91 Å². The number of rotatable bonds is 6. The fourth-order valence-electron chi connectivity index (χ4n) is 5.15. The van der Waals surface area contributed by atoms with E-state index in [2.05, 4.69) is 11.0 Å². The lowest BCUT2D eigenvalue weighted by atomic mass is 9.85. The number of carbonyl (C=O) groups is 1. The first-order valence-electron chi connectivity index (χ1n) is 10.7. The molecule has 2 aliphatic rings. The molecule has 2 aliphatic heterocycles. The molecule has 4 rings (SSSR count). The Morgan fingerprint density at radius 3 is 2.33 bits per heavy atom. The predicted molar refractivity (Wildman–Crippen MR) is 111 cm³/mol. The molecule has 2 heterocycles. The number of piperidine rings is 1. The summed E-state index contributed by atoms with van der Waals surface area (Å²) in [6.07, 6.45) is 4.31. The molecular weight excluding hydrogens is 386 g/mol. The van der Waals surface area contributed by atoms with Gasteiger partial charge in [-0.05, 0) is 61.4 Å². The normalized spacial score (nSPS) is 23.5. The number of hydrogen-bond acceptors (Lipinski definition) is 3. The van der Waals surface area contributed by atoms with Gasteiger partial charge in [0.1, 0.15) is 17.4 Å². The molecule has 2 aromatic rings. The van der Waals surface area contributed by atoms with Crippen molar-refractivity contribution in [3.05, 3.63) is 65.2 Å². The van der Waals surface area contributed by atoms with Crippen LogP contribution in [-0.2, 0) is 11.3 Å². The Morgan fingerprint density at radius 2 is 1.73 bits per heavy atom. The van der Waals surface area contributed by atoms with E-state index < -0.39 is 11.6 Å². The fraction of sp³-hybridized carbons (Fsp3) is 0.458. The summed E-state index contributed by atoms with van der Waals surface area (Å²) in [5, 5.41) is 9.80. The van der Waals surface area contributed by atoms with E-state index >= 15 is 0 Å². The second kappa shape index (κ2) is 8.72. The molecule has 0 spiro atoms. The number of carbonyl (C=O) groups excluding carboxylic acids is 1. The third kappa shape index (κ3) is 4.33. The zero-order valence-electron chi connectivity index (χ0n) is 17.2. The summed E-state index contributed by atoms with van der Waals surface area (Å²) in [6.45, 7) is 2.55. The standard InChI is InChI=1S/C24H28F2N2O2/c1-16(29)27(15-22-23(25)6-3-7-24(22)26)10-11-28-19-8-9-20(28)13-18(12-19)17-4-2-5-21(30)14-17/h2-7,14,18-20,30H,8-13,15H2,1H3/t18?,19-,20+. The van der Waals surface area contributed by atoms with Crippen LogP contribution in [0, 0.1) is 11.6 Å². The number of benzene rings is 2. The van der Waals surface area contributed by atoms with Crippen LogP contribution in [-0.4, -0.2) is 46.0 Å². The second-order valence-corrected chi connectivity index (χ2v) is 8.53. The van der Waals surface area contributed by atoms with Gasteiger partial charge in [0.15, 0.2) is 0 Å². The maximum absolute atomic E-state index is 14.0. The van der Waals surface area contributed by atoms with Crippen molar-refractivity contribution in [3.8, 4) is 5.75 Å². The first kappa shape index (κ1) is 20.8. The first-order valence-corrected chi connectivity index (χ1v) is 10.7. The number of halogens is 2. The van der Waals surface area contributed by atoms with Gasteiger partial charge in [0, 0.05) is 37.7 Å². The molecular formula is C24H28F2N2O2. The molecule has 2 fully saturated rings. The van der Waals surface area contributed by atoms with Crippen LogP contribution in [0.2, 0.25) is 0 Å². The Hall–Kier alpha value is -2.47. The van der Waals surface area contributed by atoms with Crippen LogP contribution in [0.5, 0.6) is 5.75 Å². The number of amides is 1. The van der Waals surface area contributed by atoms with Gasteiger partial charge in [0.25, 0.3) is 0 Å². The zero-order valence-corrected chi connectivity index (χ0v) is 17.2. The van der Waals surface area contributed by atoms with Crippen molar-refractivity contribution < 1.29 is 18.7 Å². The molecule has 0 saturated carbocycles. The van der Waals surface area contributed by atoms with E-state index in [0.29, 0.717) is 36.8 Å². The van der Waals surface area contributed by atoms with Crippen LogP contribution in [0.25, 0.3) is 0 Å². The summed E-state index contributed by atoms with van der Waals surface area (Å²) in [5.41, 5.74) is 1.13. The highest BCUT2D eigenvalue weighted by atomic mass is 19.1. The Labute approximate surface area is 176 Å². The molecule has 1 unspecified atom stereocenters. The van der Waals surface area contributed by atoms with Gasteiger partial charge in [0.05, 0.1) is 6.54 Å². The van der Waals surface area contributed by atoms with Crippen LogP contribution in [0.3, 0.4) is 0 Å². The summed E-state index contributed by atoms with van der Waals surface area (Å²) in [4.78, 5) is 16.1. The molecule has 6 heteroatoms. The number of fused-ring (bicyclic) bond motifs is 2. The molecule has 0 radical (unpaired) electrons. The zero-order chi connectivity index (χ0) is 21.3. The third-order valence-electron chi connectivity index (χ3n) is 6.71. The molecule has 0 aliphatic carbocycles. The Balaban J connectivity index is 1.40. The quantitative estimate of drug-likeness (QED) is 0.761. The van der Waals surface area contributed by atoms with Gasteiger partial charge >= 0.3 is 0 Å². The van der Waals surface area contributed by atoms with E-state index in [1.807, 2.05) is 12.1 Å². The highest BCUT2D eigenvalue weighted by molar-refractivity contribution is 5.73. The Morgan fingerprint density at radius 1 is 1.10 bits per heavy atom. The van der Waals surface area contributed by atoms with E-state index in [1.165, 1.54) is 35.6 Å². The van der Waals surface area contributed by atoms with Crippen LogP contribution < -0.4 is 0 Å². The summed E-state index contributed by atoms with van der Waals surface area (Å²) >= 11 is 0. The molecule has 2 aromatic carbocycles. The molecule has 4 nitrogen and oxygen atoms in total. The van der Waals surface area contributed by atoms with Gasteiger partial charge in [-0.25, -0.2) is 8.78 Å². The van der Waals surface area contributed by atoms with E-state index in [9.17, 15) is 18.7 Å². The number of aromatic hydroxyl groups is 1. The molecule has 3 atom stereocenters. The molecule has 1 amide bonds. The predicted octanol–water partition coefficient (Wildman–Crippen LogP) is 4.43. The third-order valence-corrected chi connectivity index (χ3v) is 6.71. The number of hydrogen-bond donors (Lipinski definition) is 1. The number of phenolic OH excluding ortho intramolecular Hbond substituents is 1. The lowest BCUT2D eigenvalue weighted by Crippen LogP contribution is -2.46. The lowest BCUT2D eigenvalue weighted by Gasteiger charge is -2.40. The minimum Gasteiger partial charge on any atom is -0.508 e. The summed E-state index contributed by atoms with van der Waals surface area (Å²) in [7, 11) is 0. The maximum atomic E-state index is 14.0. The largest absolute Gasteiger partial charge is 0.508 e. The molecule has 30 heavy (non-hydrogen) atoms. The van der Waals surface area contributed by atoms with Crippen LogP contribution in [0.15, 0.2) is 42.5 Å². The van der Waals surface area contributed by atoms with E-state index in [1.54, 1.807) is 6.07 Å². The van der Waals surface area contributed by atoms with E-state index in [-0.39, 0.29) is 18.0 Å². The second-order valence-electron chi connectivity index (χ2n) is 8.53. The summed E-state index contributed by atoms with van der Waals surface area (Å²) < 4.78 is 28.1. The average molecular weight is 414 g/mol. The van der Waals surface area contributed by atoms with Gasteiger partial charge in [-0.2, -0.15) is 0 Å². The van der Waals surface area contributed by atoms with Gasteiger partial charge < -0.3 is 10.0 Å². The first-order chi connectivity index (χ1) is 14.4. The Kier molecular flexibility index (Phi) is 6.04. The van der Waals surface area contributed by atoms with E-state index in [0.717, 1.165) is 25.7 Å². The highest BCUT2D eigenvalue weighted by Gasteiger charge is 2.41. The summed E-state index contributed by atoms with van der Waals surface area (Å²) in [6, 6.07) is 12.2. The van der Waals surface area contributed by atoms with Crippen molar-refractivity contribution in [1.29, 1.82) is 0 Å². The van der Waals surface area contributed by atoms with Crippen molar-refractivity contribution in [2.45, 2.75) is 57.2 Å². The number of nitrogens with zero attached hydrogens (tertiary/aromatic N) is 2. The van der Waals surface area contributed by atoms with Crippen molar-refractivity contribution >= 4 is 5.91 Å². The SMILES string of the molecule is CC(=O)N(CCN1[C@@H]2CC[C@H]1CC(c1cccc(O)c1)C2)Cc1c(F)cccc1F. The van der Waals surface area contributed by atoms with Crippen molar-refractivity contribution in [1.82, 2.24) is 9.80 Å². The van der Waals surface area contributed by atoms with E-state index in [4.69, 9.17) is 0 Å². The molecule has 160 valence electrons. The smallest absolute Gasteiger partial charge is 0.219 e. The monoisotopic (exact) mass is 414 g/mol. The molecule has 1 N–H and O–H groups in total. The van der Waals surface area contributed by atoms with Gasteiger partial charge in [-0.15, -0.1) is 0 Å². The van der Waals surface area contributed by atoms with Crippen LogP contribution in [0.1, 0.15) is 49.7 Å². The van der Waals surface area contributed by atoms with Crippen molar-refractivity contribution in [3.63, 3.8) is 0 Å². The minimum atomic E-state index is -0.617. The maximum Gasteiger partial charge on any atom is 0.219 e. The molecule has 2 saturated heterocycles. The Bertz CT molecular complexity index is 886. The van der Waals surface area contributed by atoms with Crippen molar-refractivity contribution in [2.75, 3.05) is 13.1 Å². The average Bonchev–Trinajstić information content (AvgIpc) is 2.94. The number of phenols is 1. The lowest BCUT2D eigenvalue weighted by molar-refractivity contribution is -0.129. The highest BCUT2D eigenvalue weighted by Crippen LogP contribution is 2.43. The van der Waals surface area contributed by atoms with Gasteiger partial charge in [-0.3, -0.25) is 9.69 Å².